The zero-order valence-corrected chi connectivity index (χ0v) is 16.4. The second-order valence-electron chi connectivity index (χ2n) is 7.77. The summed E-state index contributed by atoms with van der Waals surface area (Å²) in [5.41, 5.74) is -0.347. The summed E-state index contributed by atoms with van der Waals surface area (Å²) in [6.07, 6.45) is 2.81. The number of aliphatic hydroxyl groups is 1. The van der Waals surface area contributed by atoms with Crippen LogP contribution in [-0.4, -0.2) is 80.4 Å². The standard InChI is InChI=1S/C20H32N4O3/c1-23(2)16-7-11-24(12-8-16)13-10-21-19(25)22-15-20(26)9-14-27-18-6-4-3-5-17(18)20/h3-6,16,26H,7-15H2,1-2H3,(H2,21,22,25). The molecule has 1 aromatic carbocycles. The molecular weight excluding hydrogens is 344 g/mol. The van der Waals surface area contributed by atoms with E-state index in [1.54, 1.807) is 0 Å². The van der Waals surface area contributed by atoms with Crippen LogP contribution in [0.1, 0.15) is 24.8 Å². The molecule has 1 aromatic rings. The van der Waals surface area contributed by atoms with Gasteiger partial charge in [0.15, 0.2) is 0 Å². The van der Waals surface area contributed by atoms with Gasteiger partial charge in [0.2, 0.25) is 0 Å². The third-order valence-electron chi connectivity index (χ3n) is 5.70. The minimum absolute atomic E-state index is 0.174. The van der Waals surface area contributed by atoms with Crippen molar-refractivity contribution in [1.29, 1.82) is 0 Å². The third kappa shape index (κ3) is 5.12. The van der Waals surface area contributed by atoms with Crippen LogP contribution in [0.5, 0.6) is 5.75 Å². The largest absolute Gasteiger partial charge is 0.493 e. The topological polar surface area (TPSA) is 77.1 Å². The number of amides is 2. The maximum absolute atomic E-state index is 12.1. The van der Waals surface area contributed by atoms with Gasteiger partial charge in [0.1, 0.15) is 11.4 Å². The molecule has 2 aliphatic heterocycles. The van der Waals surface area contributed by atoms with Crippen molar-refractivity contribution in [2.75, 3.05) is 53.4 Å². The highest BCUT2D eigenvalue weighted by molar-refractivity contribution is 5.74. The van der Waals surface area contributed by atoms with E-state index in [2.05, 4.69) is 34.5 Å². The molecule has 0 radical (unpaired) electrons. The molecule has 0 aliphatic carbocycles. The molecule has 7 heteroatoms. The predicted molar refractivity (Wildman–Crippen MR) is 105 cm³/mol. The molecule has 7 nitrogen and oxygen atoms in total. The first-order valence-electron chi connectivity index (χ1n) is 9.83. The van der Waals surface area contributed by atoms with Crippen molar-refractivity contribution < 1.29 is 14.6 Å². The number of rotatable bonds is 6. The Morgan fingerprint density at radius 3 is 2.78 bits per heavy atom. The Bertz CT molecular complexity index is 631. The van der Waals surface area contributed by atoms with E-state index >= 15 is 0 Å². The number of carbonyl (C=O) groups is 1. The van der Waals surface area contributed by atoms with Crippen molar-refractivity contribution >= 4 is 6.03 Å². The highest BCUT2D eigenvalue weighted by Crippen LogP contribution is 2.36. The van der Waals surface area contributed by atoms with Crippen LogP contribution >= 0.6 is 0 Å². The highest BCUT2D eigenvalue weighted by atomic mass is 16.5. The van der Waals surface area contributed by atoms with Gasteiger partial charge in [0.05, 0.1) is 13.2 Å². The Hall–Kier alpha value is -1.83. The molecule has 1 atom stereocenters. The van der Waals surface area contributed by atoms with Gasteiger partial charge >= 0.3 is 6.03 Å². The highest BCUT2D eigenvalue weighted by Gasteiger charge is 2.35. The lowest BCUT2D eigenvalue weighted by Gasteiger charge is -2.35. The van der Waals surface area contributed by atoms with E-state index in [1.807, 2.05) is 24.3 Å². The van der Waals surface area contributed by atoms with Gasteiger partial charge in [-0.1, -0.05) is 18.2 Å². The Labute approximate surface area is 161 Å². The Kier molecular flexibility index (Phi) is 6.57. The van der Waals surface area contributed by atoms with E-state index in [0.717, 1.165) is 25.2 Å². The van der Waals surface area contributed by atoms with Crippen molar-refractivity contribution in [2.45, 2.75) is 30.9 Å². The first-order chi connectivity index (χ1) is 13.0. The number of hydrogen-bond acceptors (Lipinski definition) is 5. The molecule has 3 rings (SSSR count). The maximum atomic E-state index is 12.1. The fraction of sp³-hybridized carbons (Fsp3) is 0.650. The number of ether oxygens (including phenoxy) is 1. The van der Waals surface area contributed by atoms with Gasteiger partial charge in [-0.2, -0.15) is 0 Å². The van der Waals surface area contributed by atoms with Crippen LogP contribution in [0.25, 0.3) is 0 Å². The molecule has 1 unspecified atom stereocenters. The van der Waals surface area contributed by atoms with E-state index in [-0.39, 0.29) is 12.6 Å². The van der Waals surface area contributed by atoms with Gasteiger partial charge in [-0.3, -0.25) is 0 Å². The van der Waals surface area contributed by atoms with Crippen LogP contribution in [0.4, 0.5) is 4.79 Å². The Morgan fingerprint density at radius 2 is 2.04 bits per heavy atom. The number of nitrogens with zero attached hydrogens (tertiary/aromatic N) is 2. The lowest BCUT2D eigenvalue weighted by Crippen LogP contribution is -2.49. The summed E-state index contributed by atoms with van der Waals surface area (Å²) in [5, 5.41) is 16.6. The molecule has 1 fully saturated rings. The minimum Gasteiger partial charge on any atom is -0.493 e. The van der Waals surface area contributed by atoms with Gasteiger partial charge in [0, 0.05) is 31.1 Å². The summed E-state index contributed by atoms with van der Waals surface area (Å²) >= 11 is 0. The van der Waals surface area contributed by atoms with Crippen LogP contribution in [0.3, 0.4) is 0 Å². The van der Waals surface area contributed by atoms with E-state index in [1.165, 1.54) is 12.8 Å². The quantitative estimate of drug-likeness (QED) is 0.690. The van der Waals surface area contributed by atoms with Crippen molar-refractivity contribution in [2.24, 2.45) is 0 Å². The number of urea groups is 1. The first-order valence-corrected chi connectivity index (χ1v) is 9.83. The molecule has 0 aromatic heterocycles. The van der Waals surface area contributed by atoms with Crippen molar-refractivity contribution in [3.05, 3.63) is 29.8 Å². The normalized spacial score (nSPS) is 23.6. The molecule has 2 amide bonds. The van der Waals surface area contributed by atoms with E-state index in [4.69, 9.17) is 4.74 Å². The van der Waals surface area contributed by atoms with Gasteiger partial charge in [-0.15, -0.1) is 0 Å². The summed E-state index contributed by atoms with van der Waals surface area (Å²) in [7, 11) is 4.27. The number of benzene rings is 1. The maximum Gasteiger partial charge on any atom is 0.314 e. The zero-order chi connectivity index (χ0) is 19.3. The first kappa shape index (κ1) is 19.9. The number of piperidine rings is 1. The Balaban J connectivity index is 1.38. The molecule has 2 aliphatic rings. The van der Waals surface area contributed by atoms with Crippen LogP contribution < -0.4 is 15.4 Å². The van der Waals surface area contributed by atoms with Crippen molar-refractivity contribution in [3.8, 4) is 5.75 Å². The van der Waals surface area contributed by atoms with Crippen LogP contribution in [0, 0.1) is 0 Å². The summed E-state index contributed by atoms with van der Waals surface area (Å²) in [5.74, 6) is 0.689. The molecule has 0 saturated carbocycles. The fourth-order valence-corrected chi connectivity index (χ4v) is 3.90. The van der Waals surface area contributed by atoms with Gasteiger partial charge in [0.25, 0.3) is 0 Å². The van der Waals surface area contributed by atoms with Crippen molar-refractivity contribution in [1.82, 2.24) is 20.4 Å². The minimum atomic E-state index is -1.08. The van der Waals surface area contributed by atoms with E-state index in [0.29, 0.717) is 31.4 Å². The lowest BCUT2D eigenvalue weighted by molar-refractivity contribution is 0.0000567. The van der Waals surface area contributed by atoms with E-state index in [9.17, 15) is 9.90 Å². The third-order valence-corrected chi connectivity index (χ3v) is 5.70. The summed E-state index contributed by atoms with van der Waals surface area (Å²) in [6.45, 7) is 4.23. The smallest absolute Gasteiger partial charge is 0.314 e. The lowest BCUT2D eigenvalue weighted by atomic mass is 9.88. The molecule has 150 valence electrons. The number of hydrogen-bond donors (Lipinski definition) is 3. The molecule has 2 heterocycles. The monoisotopic (exact) mass is 376 g/mol. The number of fused-ring (bicyclic) bond motifs is 1. The molecule has 0 spiro atoms. The van der Waals surface area contributed by atoms with Crippen molar-refractivity contribution in [3.63, 3.8) is 0 Å². The molecular formula is C20H32N4O3. The summed E-state index contributed by atoms with van der Waals surface area (Å²) < 4.78 is 5.58. The van der Waals surface area contributed by atoms with Gasteiger partial charge < -0.3 is 30.3 Å². The van der Waals surface area contributed by atoms with Crippen LogP contribution in [0.2, 0.25) is 0 Å². The second kappa shape index (κ2) is 8.91. The average Bonchev–Trinajstić information content (AvgIpc) is 2.67. The number of carbonyl (C=O) groups excluding carboxylic acids is 1. The predicted octanol–water partition coefficient (Wildman–Crippen LogP) is 0.982. The zero-order valence-electron chi connectivity index (χ0n) is 16.4. The summed E-state index contributed by atoms with van der Waals surface area (Å²) in [6, 6.07) is 7.88. The summed E-state index contributed by atoms with van der Waals surface area (Å²) in [4.78, 5) is 16.8. The Morgan fingerprint density at radius 1 is 1.30 bits per heavy atom. The molecule has 3 N–H and O–H groups in total. The van der Waals surface area contributed by atoms with Crippen LogP contribution in [0.15, 0.2) is 24.3 Å². The number of para-hydroxylation sites is 1. The second-order valence-corrected chi connectivity index (χ2v) is 7.77. The number of nitrogens with one attached hydrogen (secondary N) is 2. The molecule has 0 bridgehead atoms. The average molecular weight is 377 g/mol. The molecule has 27 heavy (non-hydrogen) atoms. The number of likely N-dealkylation sites (tertiary alicyclic amines) is 1. The van der Waals surface area contributed by atoms with Crippen LogP contribution in [-0.2, 0) is 5.60 Å². The van der Waals surface area contributed by atoms with E-state index < -0.39 is 5.60 Å². The van der Waals surface area contributed by atoms with Gasteiger partial charge in [-0.05, 0) is 46.1 Å². The molecule has 1 saturated heterocycles. The SMILES string of the molecule is CN(C)C1CCN(CCNC(=O)NCC2(O)CCOc3ccccc32)CC1. The van der Waals surface area contributed by atoms with Gasteiger partial charge in [-0.25, -0.2) is 4.79 Å². The fourth-order valence-electron chi connectivity index (χ4n) is 3.90.